The van der Waals surface area contributed by atoms with Crippen LogP contribution in [0.5, 0.6) is 0 Å². The van der Waals surface area contributed by atoms with Crippen molar-refractivity contribution in [3.05, 3.63) is 58.9 Å². The van der Waals surface area contributed by atoms with Gasteiger partial charge in [-0.25, -0.2) is 0 Å². The number of aromatic nitrogens is 1. The average molecular weight is 354 g/mol. The van der Waals surface area contributed by atoms with Gasteiger partial charge in [0.15, 0.2) is 0 Å². The highest BCUT2D eigenvalue weighted by Gasteiger charge is 2.27. The summed E-state index contributed by atoms with van der Waals surface area (Å²) in [6.45, 7) is 6.07. The van der Waals surface area contributed by atoms with Crippen molar-refractivity contribution >= 4 is 11.9 Å². The lowest BCUT2D eigenvalue weighted by Crippen LogP contribution is -2.39. The van der Waals surface area contributed by atoms with Gasteiger partial charge in [-0.1, -0.05) is 30.3 Å². The summed E-state index contributed by atoms with van der Waals surface area (Å²) in [7, 11) is 0. The number of carbonyl (C=O) groups is 2. The highest BCUT2D eigenvalue weighted by molar-refractivity contribution is 5.95. The summed E-state index contributed by atoms with van der Waals surface area (Å²) in [5.74, 6) is -0.507. The number of carboxylic acids is 1. The topological polar surface area (TPSA) is 62.5 Å². The maximum Gasteiger partial charge on any atom is 0.303 e. The second kappa shape index (κ2) is 7.77. The standard InChI is InChI=1S/C21H26N2O3/c1-15-12-19(16(2)23(15)14-18-6-4-3-5-7-18)21(26)22-10-8-17(9-11-22)13-20(24)25/h3-7,12,17H,8-11,13-14H2,1-2H3,(H,24,25). The quantitative estimate of drug-likeness (QED) is 0.894. The first kappa shape index (κ1) is 18.2. The van der Waals surface area contributed by atoms with Crippen LogP contribution in [0, 0.1) is 19.8 Å². The maximum absolute atomic E-state index is 13.0. The molecule has 26 heavy (non-hydrogen) atoms. The maximum atomic E-state index is 13.0. The second-order valence-electron chi connectivity index (χ2n) is 7.19. The van der Waals surface area contributed by atoms with Gasteiger partial charge in [0.25, 0.3) is 5.91 Å². The summed E-state index contributed by atoms with van der Waals surface area (Å²) in [5.41, 5.74) is 4.04. The molecule has 0 atom stereocenters. The zero-order valence-electron chi connectivity index (χ0n) is 15.4. The molecule has 138 valence electrons. The number of benzene rings is 1. The lowest BCUT2D eigenvalue weighted by atomic mass is 9.93. The Morgan fingerprint density at radius 1 is 1.12 bits per heavy atom. The third kappa shape index (κ3) is 3.98. The van der Waals surface area contributed by atoms with Crippen LogP contribution in [-0.4, -0.2) is 39.5 Å². The molecule has 5 heteroatoms. The molecular formula is C21H26N2O3. The van der Waals surface area contributed by atoms with E-state index >= 15 is 0 Å². The predicted molar refractivity (Wildman–Crippen MR) is 100 cm³/mol. The molecule has 0 unspecified atom stereocenters. The van der Waals surface area contributed by atoms with Crippen molar-refractivity contribution < 1.29 is 14.7 Å². The van der Waals surface area contributed by atoms with E-state index in [1.165, 1.54) is 5.56 Å². The minimum absolute atomic E-state index is 0.0613. The van der Waals surface area contributed by atoms with Crippen LogP contribution in [0.4, 0.5) is 0 Å². The average Bonchev–Trinajstić information content (AvgIpc) is 2.90. The van der Waals surface area contributed by atoms with Gasteiger partial charge in [0.2, 0.25) is 0 Å². The Morgan fingerprint density at radius 3 is 2.38 bits per heavy atom. The summed E-state index contributed by atoms with van der Waals surface area (Å²) < 4.78 is 2.18. The minimum Gasteiger partial charge on any atom is -0.481 e. The van der Waals surface area contributed by atoms with Gasteiger partial charge in [0.1, 0.15) is 0 Å². The number of carboxylic acid groups (broad SMARTS) is 1. The van der Waals surface area contributed by atoms with Crippen LogP contribution in [0.3, 0.4) is 0 Å². The Hall–Kier alpha value is -2.56. The number of rotatable bonds is 5. The molecule has 0 aliphatic carbocycles. The van der Waals surface area contributed by atoms with Crippen molar-refractivity contribution in [1.82, 2.24) is 9.47 Å². The molecule has 0 bridgehead atoms. The number of nitrogens with zero attached hydrogens (tertiary/aromatic N) is 2. The zero-order valence-corrected chi connectivity index (χ0v) is 15.4. The third-order valence-corrected chi connectivity index (χ3v) is 5.35. The van der Waals surface area contributed by atoms with Crippen LogP contribution in [0.15, 0.2) is 36.4 Å². The lowest BCUT2D eigenvalue weighted by molar-refractivity contribution is -0.138. The minimum atomic E-state index is -0.751. The summed E-state index contributed by atoms with van der Waals surface area (Å²) in [4.78, 5) is 25.7. The number of carbonyl (C=O) groups excluding carboxylic acids is 1. The van der Waals surface area contributed by atoms with Gasteiger partial charge in [-0.3, -0.25) is 9.59 Å². The van der Waals surface area contributed by atoms with Gasteiger partial charge in [0.05, 0.1) is 5.56 Å². The Kier molecular flexibility index (Phi) is 5.45. The molecule has 1 fully saturated rings. The summed E-state index contributed by atoms with van der Waals surface area (Å²) in [6, 6.07) is 12.2. The molecule has 1 saturated heterocycles. The summed E-state index contributed by atoms with van der Waals surface area (Å²) in [6.07, 6.45) is 1.73. The number of aliphatic carboxylic acids is 1. The lowest BCUT2D eigenvalue weighted by Gasteiger charge is -2.31. The van der Waals surface area contributed by atoms with Crippen LogP contribution < -0.4 is 0 Å². The highest BCUT2D eigenvalue weighted by Crippen LogP contribution is 2.24. The van der Waals surface area contributed by atoms with Crippen LogP contribution in [0.1, 0.15) is 46.6 Å². The fraction of sp³-hybridized carbons (Fsp3) is 0.429. The molecule has 3 rings (SSSR count). The molecule has 1 aliphatic heterocycles. The fourth-order valence-electron chi connectivity index (χ4n) is 3.78. The Bertz CT molecular complexity index is 787. The van der Waals surface area contributed by atoms with E-state index in [0.717, 1.165) is 36.3 Å². The molecule has 1 aromatic carbocycles. The third-order valence-electron chi connectivity index (χ3n) is 5.35. The number of likely N-dealkylation sites (tertiary alicyclic amines) is 1. The summed E-state index contributed by atoms with van der Waals surface area (Å²) in [5, 5.41) is 8.93. The van der Waals surface area contributed by atoms with E-state index in [1.54, 1.807) is 0 Å². The van der Waals surface area contributed by atoms with Crippen LogP contribution in [-0.2, 0) is 11.3 Å². The predicted octanol–water partition coefficient (Wildman–Crippen LogP) is 3.48. The van der Waals surface area contributed by atoms with Gasteiger partial charge < -0.3 is 14.6 Å². The van der Waals surface area contributed by atoms with Crippen molar-refractivity contribution in [3.8, 4) is 0 Å². The van der Waals surface area contributed by atoms with Crippen LogP contribution in [0.2, 0.25) is 0 Å². The molecule has 2 aromatic rings. The molecule has 0 spiro atoms. The Morgan fingerprint density at radius 2 is 1.77 bits per heavy atom. The molecule has 5 nitrogen and oxygen atoms in total. The van der Waals surface area contributed by atoms with E-state index in [1.807, 2.05) is 43.0 Å². The first-order valence-corrected chi connectivity index (χ1v) is 9.17. The zero-order chi connectivity index (χ0) is 18.7. The normalized spacial score (nSPS) is 15.2. The van der Waals surface area contributed by atoms with Crippen molar-refractivity contribution in [1.29, 1.82) is 0 Å². The first-order valence-electron chi connectivity index (χ1n) is 9.17. The molecule has 0 saturated carbocycles. The monoisotopic (exact) mass is 354 g/mol. The van der Waals surface area contributed by atoms with Gasteiger partial charge in [-0.2, -0.15) is 0 Å². The van der Waals surface area contributed by atoms with Crippen LogP contribution >= 0.6 is 0 Å². The van der Waals surface area contributed by atoms with Crippen LogP contribution in [0.25, 0.3) is 0 Å². The van der Waals surface area contributed by atoms with Gasteiger partial charge in [-0.15, -0.1) is 0 Å². The molecule has 1 N–H and O–H groups in total. The van der Waals surface area contributed by atoms with Crippen molar-refractivity contribution in [2.24, 2.45) is 5.92 Å². The fourth-order valence-corrected chi connectivity index (χ4v) is 3.78. The first-order chi connectivity index (χ1) is 12.5. The molecule has 2 heterocycles. The van der Waals surface area contributed by atoms with Crippen molar-refractivity contribution in [2.75, 3.05) is 13.1 Å². The number of piperidine rings is 1. The van der Waals surface area contributed by atoms with Crippen molar-refractivity contribution in [2.45, 2.75) is 39.7 Å². The Balaban J connectivity index is 1.71. The number of amides is 1. The largest absolute Gasteiger partial charge is 0.481 e. The van der Waals surface area contributed by atoms with Gasteiger partial charge in [0, 0.05) is 37.4 Å². The number of hydrogen-bond acceptors (Lipinski definition) is 2. The molecule has 1 aliphatic rings. The number of aryl methyl sites for hydroxylation is 1. The SMILES string of the molecule is Cc1cc(C(=O)N2CCC(CC(=O)O)CC2)c(C)n1Cc1ccccc1. The van der Waals surface area contributed by atoms with E-state index in [9.17, 15) is 9.59 Å². The van der Waals surface area contributed by atoms with Gasteiger partial charge in [-0.05, 0) is 44.2 Å². The smallest absolute Gasteiger partial charge is 0.303 e. The second-order valence-corrected chi connectivity index (χ2v) is 7.19. The summed E-state index contributed by atoms with van der Waals surface area (Å²) >= 11 is 0. The highest BCUT2D eigenvalue weighted by atomic mass is 16.4. The van der Waals surface area contributed by atoms with E-state index < -0.39 is 5.97 Å². The van der Waals surface area contributed by atoms with Gasteiger partial charge >= 0.3 is 5.97 Å². The number of hydrogen-bond donors (Lipinski definition) is 1. The molecular weight excluding hydrogens is 328 g/mol. The molecule has 0 radical (unpaired) electrons. The molecule has 1 aromatic heterocycles. The van der Waals surface area contributed by atoms with E-state index in [0.29, 0.717) is 13.1 Å². The molecule has 1 amide bonds. The van der Waals surface area contributed by atoms with E-state index in [2.05, 4.69) is 16.7 Å². The van der Waals surface area contributed by atoms with Crippen molar-refractivity contribution in [3.63, 3.8) is 0 Å². The van der Waals surface area contributed by atoms with E-state index in [-0.39, 0.29) is 18.2 Å². The Labute approximate surface area is 154 Å². The van der Waals surface area contributed by atoms with E-state index in [4.69, 9.17) is 5.11 Å².